The lowest BCUT2D eigenvalue weighted by Gasteiger charge is -2.19. The van der Waals surface area contributed by atoms with Gasteiger partial charge in [-0.3, -0.25) is 15.0 Å². The van der Waals surface area contributed by atoms with E-state index < -0.39 is 17.6 Å². The van der Waals surface area contributed by atoms with Crippen LogP contribution in [0.15, 0.2) is 82.4 Å². The molecule has 0 fully saturated rings. The third-order valence-electron chi connectivity index (χ3n) is 6.05. The Balaban J connectivity index is 1.17. The van der Waals surface area contributed by atoms with E-state index in [1.807, 2.05) is 66.0 Å². The van der Waals surface area contributed by atoms with Gasteiger partial charge in [0.15, 0.2) is 5.71 Å². The highest BCUT2D eigenvalue weighted by Crippen LogP contribution is 2.30. The zero-order chi connectivity index (χ0) is 32.5. The van der Waals surface area contributed by atoms with Crippen LogP contribution in [-0.4, -0.2) is 71.2 Å². The highest BCUT2D eigenvalue weighted by molar-refractivity contribution is 7.17. The molecule has 3 amide bonds. The lowest BCUT2D eigenvalue weighted by Crippen LogP contribution is -2.34. The van der Waals surface area contributed by atoms with Crippen molar-refractivity contribution in [2.24, 2.45) is 10.2 Å². The Morgan fingerprint density at radius 3 is 2.33 bits per heavy atom. The number of thiazole rings is 2. The van der Waals surface area contributed by atoms with Crippen molar-refractivity contribution in [3.63, 3.8) is 0 Å². The predicted molar refractivity (Wildman–Crippen MR) is 179 cm³/mol. The Labute approximate surface area is 273 Å². The van der Waals surface area contributed by atoms with Gasteiger partial charge in [-0.1, -0.05) is 72.0 Å². The molecule has 15 heteroatoms. The smallest absolute Gasteiger partial charge is 0.407 e. The summed E-state index contributed by atoms with van der Waals surface area (Å²) in [5, 5.41) is 18.2. The van der Waals surface area contributed by atoms with Gasteiger partial charge < -0.3 is 20.1 Å². The monoisotopic (exact) mass is 660 g/mol. The molecule has 5 rings (SSSR count). The van der Waals surface area contributed by atoms with Crippen LogP contribution in [0, 0.1) is 0 Å². The van der Waals surface area contributed by atoms with Gasteiger partial charge in [0.25, 0.3) is 5.91 Å². The molecule has 3 heterocycles. The van der Waals surface area contributed by atoms with Gasteiger partial charge in [-0.15, -0.1) is 11.3 Å². The Morgan fingerprint density at radius 2 is 1.63 bits per heavy atom. The number of hydrazone groups is 2. The quantitative estimate of drug-likeness (QED) is 0.145. The van der Waals surface area contributed by atoms with Gasteiger partial charge in [0.2, 0.25) is 10.3 Å². The molecule has 0 atom stereocenters. The second kappa shape index (κ2) is 14.9. The minimum atomic E-state index is -0.571. The maximum Gasteiger partial charge on any atom is 0.407 e. The number of nitrogens with one attached hydrogen (secondary N) is 3. The molecule has 0 aliphatic carbocycles. The summed E-state index contributed by atoms with van der Waals surface area (Å²) >= 11 is 2.39. The normalized spacial score (nSPS) is 13.9. The molecule has 238 valence electrons. The van der Waals surface area contributed by atoms with E-state index in [0.29, 0.717) is 26.4 Å². The molecule has 2 aromatic heterocycles. The Kier molecular flexibility index (Phi) is 10.5. The van der Waals surface area contributed by atoms with E-state index in [0.717, 1.165) is 22.6 Å². The number of nitrogens with zero attached hydrogens (tertiary/aromatic N) is 5. The minimum Gasteiger partial charge on any atom is -0.444 e. The van der Waals surface area contributed by atoms with Gasteiger partial charge in [-0.25, -0.2) is 14.8 Å². The number of hydrogen-bond acceptors (Lipinski definition) is 12. The van der Waals surface area contributed by atoms with Crippen LogP contribution in [0.2, 0.25) is 0 Å². The van der Waals surface area contributed by atoms with Gasteiger partial charge in [0.05, 0.1) is 25.1 Å². The molecule has 0 saturated heterocycles. The Hall–Kier alpha value is -4.99. The second-order valence-corrected chi connectivity index (χ2v) is 12.6. The maximum atomic E-state index is 13.6. The highest BCUT2D eigenvalue weighted by atomic mass is 32.1. The highest BCUT2D eigenvalue weighted by Gasteiger charge is 2.36. The van der Waals surface area contributed by atoms with E-state index in [1.165, 1.54) is 22.5 Å². The standard InChI is InChI=1S/C31H32N8O5S2/c1-31(2,3)44-30(42)33-15-17-43-16-14-32-26(40)23-18-34-28(46-23)37-36-25-24(21-12-8-5-9-13-21)38-39(27(25)41)29-35-22(19-45-29)20-10-6-4-7-11-20/h4-13,18-19H,14-17H2,1-3H3,(H,32,40)(H,33,42)(H,34,37)/b36-25+. The number of aromatic nitrogens is 2. The molecule has 13 nitrogen and oxygen atoms in total. The van der Waals surface area contributed by atoms with Crippen molar-refractivity contribution in [3.8, 4) is 11.3 Å². The first-order valence-electron chi connectivity index (χ1n) is 14.3. The van der Waals surface area contributed by atoms with Crippen LogP contribution in [0.5, 0.6) is 0 Å². The van der Waals surface area contributed by atoms with E-state index in [-0.39, 0.29) is 37.9 Å². The van der Waals surface area contributed by atoms with Crippen molar-refractivity contribution in [2.75, 3.05) is 36.7 Å². The van der Waals surface area contributed by atoms with Crippen molar-refractivity contribution in [3.05, 3.63) is 82.7 Å². The maximum absolute atomic E-state index is 13.6. The van der Waals surface area contributed by atoms with Crippen LogP contribution < -0.4 is 21.1 Å². The zero-order valence-corrected chi connectivity index (χ0v) is 27.0. The first-order valence-corrected chi connectivity index (χ1v) is 16.0. The number of amides is 3. The van der Waals surface area contributed by atoms with E-state index >= 15 is 0 Å². The number of anilines is 2. The molecular weight excluding hydrogens is 629 g/mol. The average molecular weight is 661 g/mol. The van der Waals surface area contributed by atoms with Gasteiger partial charge in [0, 0.05) is 29.6 Å². The van der Waals surface area contributed by atoms with Crippen LogP contribution in [0.1, 0.15) is 36.0 Å². The molecule has 0 unspecified atom stereocenters. The van der Waals surface area contributed by atoms with Gasteiger partial charge in [-0.05, 0) is 20.8 Å². The minimum absolute atomic E-state index is 0.0853. The molecule has 1 aliphatic rings. The van der Waals surface area contributed by atoms with Crippen molar-refractivity contribution in [1.82, 2.24) is 20.6 Å². The molecule has 0 radical (unpaired) electrons. The number of alkyl carbamates (subject to hydrolysis) is 1. The van der Waals surface area contributed by atoms with Crippen molar-refractivity contribution in [2.45, 2.75) is 26.4 Å². The molecule has 1 aliphatic heterocycles. The first-order chi connectivity index (χ1) is 22.2. The van der Waals surface area contributed by atoms with E-state index in [2.05, 4.69) is 36.2 Å². The van der Waals surface area contributed by atoms with E-state index in [4.69, 9.17) is 9.47 Å². The fourth-order valence-corrected chi connectivity index (χ4v) is 5.47. The average Bonchev–Trinajstić information content (AvgIpc) is 3.79. The van der Waals surface area contributed by atoms with Gasteiger partial charge in [0.1, 0.15) is 16.2 Å². The summed E-state index contributed by atoms with van der Waals surface area (Å²) in [6, 6.07) is 18.9. The summed E-state index contributed by atoms with van der Waals surface area (Å²) in [7, 11) is 0. The van der Waals surface area contributed by atoms with Crippen molar-refractivity contribution in [1.29, 1.82) is 0 Å². The Morgan fingerprint density at radius 1 is 0.957 bits per heavy atom. The van der Waals surface area contributed by atoms with E-state index in [1.54, 1.807) is 20.8 Å². The second-order valence-electron chi connectivity index (χ2n) is 10.7. The third kappa shape index (κ3) is 8.59. The van der Waals surface area contributed by atoms with E-state index in [9.17, 15) is 14.4 Å². The van der Waals surface area contributed by atoms with Gasteiger partial charge >= 0.3 is 12.0 Å². The number of carbonyl (C=O) groups is 3. The molecule has 0 bridgehead atoms. The lowest BCUT2D eigenvalue weighted by atomic mass is 10.1. The number of hydrogen-bond donors (Lipinski definition) is 3. The number of benzene rings is 2. The number of carbonyl (C=O) groups excluding carboxylic acids is 3. The third-order valence-corrected chi connectivity index (χ3v) is 7.77. The summed E-state index contributed by atoms with van der Waals surface area (Å²) in [4.78, 5) is 47.0. The number of rotatable bonds is 12. The van der Waals surface area contributed by atoms with Crippen LogP contribution >= 0.6 is 22.7 Å². The zero-order valence-electron chi connectivity index (χ0n) is 25.4. The van der Waals surface area contributed by atoms with Crippen LogP contribution in [-0.2, 0) is 14.3 Å². The molecule has 4 aromatic rings. The molecule has 2 aromatic carbocycles. The summed E-state index contributed by atoms with van der Waals surface area (Å²) < 4.78 is 10.6. The fraction of sp³-hybridized carbons (Fsp3) is 0.258. The molecular formula is C31H32N8O5S2. The molecule has 0 saturated carbocycles. The summed E-state index contributed by atoms with van der Waals surface area (Å²) in [6.07, 6.45) is 0.906. The van der Waals surface area contributed by atoms with Crippen molar-refractivity contribution < 1.29 is 23.9 Å². The van der Waals surface area contributed by atoms with Crippen LogP contribution in [0.4, 0.5) is 15.1 Å². The predicted octanol–water partition coefficient (Wildman–Crippen LogP) is 4.76. The molecule has 3 N–H and O–H groups in total. The molecule has 46 heavy (non-hydrogen) atoms. The Bertz CT molecular complexity index is 1730. The fourth-order valence-electron chi connectivity index (χ4n) is 4.02. The van der Waals surface area contributed by atoms with Crippen LogP contribution in [0.25, 0.3) is 11.3 Å². The van der Waals surface area contributed by atoms with Crippen LogP contribution in [0.3, 0.4) is 0 Å². The summed E-state index contributed by atoms with van der Waals surface area (Å²) in [6.45, 7) is 6.43. The van der Waals surface area contributed by atoms with Gasteiger partial charge in [-0.2, -0.15) is 15.2 Å². The summed E-state index contributed by atoms with van der Waals surface area (Å²) in [5.74, 6) is -0.780. The summed E-state index contributed by atoms with van der Waals surface area (Å²) in [5.41, 5.74) is 5.09. The molecule has 0 spiro atoms. The van der Waals surface area contributed by atoms with Crippen molar-refractivity contribution >= 4 is 62.3 Å². The largest absolute Gasteiger partial charge is 0.444 e. The first kappa shape index (κ1) is 32.4. The number of ether oxygens (including phenoxy) is 2. The SMILES string of the molecule is CC(C)(C)OC(=O)NCCOCCNC(=O)c1cnc(N/N=C2/C(=O)N(c3nc(-c4ccccc4)cs3)N=C2c2ccccc2)s1. The lowest BCUT2D eigenvalue weighted by molar-refractivity contribution is -0.112. The topological polar surface area (TPSA) is 160 Å².